The molecule has 4 nitrogen and oxygen atoms in total. The van der Waals surface area contributed by atoms with Gasteiger partial charge in [-0.1, -0.05) is 0 Å². The molecule has 0 aliphatic carbocycles. The topological polar surface area (TPSA) is 39.1 Å². The van der Waals surface area contributed by atoms with Gasteiger partial charge in [-0.15, -0.1) is 0 Å². The van der Waals surface area contributed by atoms with E-state index in [-0.39, 0.29) is 0 Å². The molecule has 1 atom stereocenters. The SMILES string of the molecule is COc1c(Br)cc(CNC(C)Cn2cccn2)cc1Br. The zero-order valence-electron chi connectivity index (χ0n) is 11.4. The highest BCUT2D eigenvalue weighted by atomic mass is 79.9. The van der Waals surface area contributed by atoms with Gasteiger partial charge in [-0.05, 0) is 62.5 Å². The molecule has 0 spiro atoms. The lowest BCUT2D eigenvalue weighted by atomic mass is 10.2. The first-order valence-electron chi connectivity index (χ1n) is 6.33. The summed E-state index contributed by atoms with van der Waals surface area (Å²) < 4.78 is 9.13. The second-order valence-electron chi connectivity index (χ2n) is 4.60. The minimum absolute atomic E-state index is 0.342. The molecule has 1 unspecified atom stereocenters. The average molecular weight is 403 g/mol. The number of hydrogen-bond donors (Lipinski definition) is 1. The quantitative estimate of drug-likeness (QED) is 0.802. The highest BCUT2D eigenvalue weighted by Gasteiger charge is 2.09. The molecule has 0 aliphatic rings. The predicted octanol–water partition coefficient (Wildman–Crippen LogP) is 3.60. The zero-order chi connectivity index (χ0) is 14.5. The Bertz CT molecular complexity index is 535. The Morgan fingerprint density at radius 2 is 2.05 bits per heavy atom. The van der Waals surface area contributed by atoms with Crippen LogP contribution >= 0.6 is 31.9 Å². The first-order valence-corrected chi connectivity index (χ1v) is 7.91. The maximum absolute atomic E-state index is 5.30. The fourth-order valence-electron chi connectivity index (χ4n) is 1.96. The zero-order valence-corrected chi connectivity index (χ0v) is 14.6. The molecule has 2 rings (SSSR count). The van der Waals surface area contributed by atoms with E-state index in [0.29, 0.717) is 6.04 Å². The summed E-state index contributed by atoms with van der Waals surface area (Å²) in [7, 11) is 1.66. The monoisotopic (exact) mass is 401 g/mol. The maximum atomic E-state index is 5.30. The van der Waals surface area contributed by atoms with E-state index in [9.17, 15) is 0 Å². The Labute approximate surface area is 135 Å². The number of aromatic nitrogens is 2. The molecule has 0 saturated carbocycles. The van der Waals surface area contributed by atoms with Crippen LogP contribution < -0.4 is 10.1 Å². The molecule has 108 valence electrons. The fraction of sp³-hybridized carbons (Fsp3) is 0.357. The summed E-state index contributed by atoms with van der Waals surface area (Å²) in [6.07, 6.45) is 3.77. The van der Waals surface area contributed by atoms with Crippen LogP contribution in [0.4, 0.5) is 0 Å². The molecule has 0 bridgehead atoms. The first-order chi connectivity index (χ1) is 9.60. The molecule has 0 aliphatic heterocycles. The van der Waals surface area contributed by atoms with Crippen molar-refractivity contribution in [2.75, 3.05) is 7.11 Å². The number of ether oxygens (including phenoxy) is 1. The Morgan fingerprint density at radius 3 is 2.60 bits per heavy atom. The van der Waals surface area contributed by atoms with Crippen LogP contribution in [0.2, 0.25) is 0 Å². The van der Waals surface area contributed by atoms with Crippen molar-refractivity contribution in [2.45, 2.75) is 26.1 Å². The van der Waals surface area contributed by atoms with Gasteiger partial charge in [0.15, 0.2) is 0 Å². The largest absolute Gasteiger partial charge is 0.494 e. The molecule has 20 heavy (non-hydrogen) atoms. The Hall–Kier alpha value is -0.850. The van der Waals surface area contributed by atoms with Gasteiger partial charge in [-0.3, -0.25) is 4.68 Å². The molecule has 2 aromatic rings. The van der Waals surface area contributed by atoms with Crippen molar-refractivity contribution in [2.24, 2.45) is 0 Å². The summed E-state index contributed by atoms with van der Waals surface area (Å²) in [5, 5.41) is 7.69. The van der Waals surface area contributed by atoms with Gasteiger partial charge in [-0.25, -0.2) is 0 Å². The second-order valence-corrected chi connectivity index (χ2v) is 6.31. The van der Waals surface area contributed by atoms with E-state index in [1.165, 1.54) is 5.56 Å². The van der Waals surface area contributed by atoms with E-state index in [2.05, 4.69) is 61.3 Å². The molecule has 1 N–H and O–H groups in total. The number of halogens is 2. The van der Waals surface area contributed by atoms with Gasteiger partial charge in [0.25, 0.3) is 0 Å². The molecule has 1 aromatic carbocycles. The van der Waals surface area contributed by atoms with Gasteiger partial charge in [-0.2, -0.15) is 5.10 Å². The second kappa shape index (κ2) is 7.24. The molecule has 1 heterocycles. The van der Waals surface area contributed by atoms with Crippen molar-refractivity contribution in [3.63, 3.8) is 0 Å². The van der Waals surface area contributed by atoms with Crippen LogP contribution in [0, 0.1) is 0 Å². The average Bonchev–Trinajstić information content (AvgIpc) is 2.89. The lowest BCUT2D eigenvalue weighted by Crippen LogP contribution is -2.30. The van der Waals surface area contributed by atoms with Crippen molar-refractivity contribution >= 4 is 31.9 Å². The lowest BCUT2D eigenvalue weighted by molar-refractivity contribution is 0.409. The van der Waals surface area contributed by atoms with Gasteiger partial charge < -0.3 is 10.1 Å². The lowest BCUT2D eigenvalue weighted by Gasteiger charge is -2.15. The molecule has 6 heteroatoms. The number of hydrogen-bond acceptors (Lipinski definition) is 3. The van der Waals surface area contributed by atoms with E-state index in [0.717, 1.165) is 27.8 Å². The standard InChI is InChI=1S/C14H17Br2N3O/c1-10(9-19-5-3-4-18-19)17-8-11-6-12(15)14(20-2)13(16)7-11/h3-7,10,17H,8-9H2,1-2H3. The molecular formula is C14H17Br2N3O. The van der Waals surface area contributed by atoms with Crippen molar-refractivity contribution in [3.05, 3.63) is 45.1 Å². The van der Waals surface area contributed by atoms with Crippen LogP contribution in [0.15, 0.2) is 39.5 Å². The first kappa shape index (κ1) is 15.5. The van der Waals surface area contributed by atoms with E-state index >= 15 is 0 Å². The summed E-state index contributed by atoms with van der Waals surface area (Å²) in [4.78, 5) is 0. The summed E-state index contributed by atoms with van der Waals surface area (Å²) in [5.74, 6) is 0.818. The molecule has 0 fully saturated rings. The van der Waals surface area contributed by atoms with Gasteiger partial charge in [0, 0.05) is 25.0 Å². The van der Waals surface area contributed by atoms with Gasteiger partial charge in [0.2, 0.25) is 0 Å². The predicted molar refractivity (Wildman–Crippen MR) is 86.9 cm³/mol. The van der Waals surface area contributed by atoms with Crippen molar-refractivity contribution in [1.29, 1.82) is 0 Å². The van der Waals surface area contributed by atoms with Gasteiger partial charge >= 0.3 is 0 Å². The molecule has 0 radical (unpaired) electrons. The fourth-order valence-corrected chi connectivity index (χ4v) is 3.56. The molecule has 1 aromatic heterocycles. The minimum Gasteiger partial charge on any atom is -0.494 e. The number of nitrogens with one attached hydrogen (secondary N) is 1. The number of methoxy groups -OCH3 is 1. The molecule has 0 amide bonds. The van der Waals surface area contributed by atoms with Crippen molar-refractivity contribution < 1.29 is 4.74 Å². The molecular weight excluding hydrogens is 386 g/mol. The van der Waals surface area contributed by atoms with E-state index < -0.39 is 0 Å². The number of rotatable bonds is 6. The van der Waals surface area contributed by atoms with E-state index in [1.807, 2.05) is 16.9 Å². The number of nitrogens with zero attached hydrogens (tertiary/aromatic N) is 2. The Kier molecular flexibility index (Phi) is 5.63. The van der Waals surface area contributed by atoms with Crippen LogP contribution in [0.5, 0.6) is 5.75 Å². The van der Waals surface area contributed by atoms with Crippen molar-refractivity contribution in [3.8, 4) is 5.75 Å². The van der Waals surface area contributed by atoms with E-state index in [4.69, 9.17) is 4.74 Å². The van der Waals surface area contributed by atoms with Crippen molar-refractivity contribution in [1.82, 2.24) is 15.1 Å². The smallest absolute Gasteiger partial charge is 0.147 e. The normalized spacial score (nSPS) is 12.4. The van der Waals surface area contributed by atoms with Gasteiger partial charge in [0.05, 0.1) is 22.6 Å². The Morgan fingerprint density at radius 1 is 1.35 bits per heavy atom. The highest BCUT2D eigenvalue weighted by molar-refractivity contribution is 9.11. The number of benzene rings is 1. The van der Waals surface area contributed by atoms with Crippen LogP contribution in [-0.4, -0.2) is 22.9 Å². The third-order valence-corrected chi connectivity index (χ3v) is 4.12. The molecule has 0 saturated heterocycles. The summed E-state index contributed by atoms with van der Waals surface area (Å²) in [6, 6.07) is 6.41. The third kappa shape index (κ3) is 4.07. The summed E-state index contributed by atoms with van der Waals surface area (Å²) in [6.45, 7) is 3.80. The minimum atomic E-state index is 0.342. The van der Waals surface area contributed by atoms with Crippen LogP contribution in [0.3, 0.4) is 0 Å². The summed E-state index contributed by atoms with van der Waals surface area (Å²) >= 11 is 7.03. The summed E-state index contributed by atoms with van der Waals surface area (Å²) in [5.41, 5.74) is 1.19. The van der Waals surface area contributed by atoms with Crippen LogP contribution in [-0.2, 0) is 13.1 Å². The van der Waals surface area contributed by atoms with Crippen LogP contribution in [0.1, 0.15) is 12.5 Å². The highest BCUT2D eigenvalue weighted by Crippen LogP contribution is 2.34. The maximum Gasteiger partial charge on any atom is 0.147 e. The Balaban J connectivity index is 1.93. The van der Waals surface area contributed by atoms with E-state index in [1.54, 1.807) is 13.3 Å². The van der Waals surface area contributed by atoms with Crippen LogP contribution in [0.25, 0.3) is 0 Å². The third-order valence-electron chi connectivity index (χ3n) is 2.94. The van der Waals surface area contributed by atoms with Gasteiger partial charge in [0.1, 0.15) is 5.75 Å².